The number of para-hydroxylation sites is 1. The van der Waals surface area contributed by atoms with Gasteiger partial charge in [0.15, 0.2) is 0 Å². The van der Waals surface area contributed by atoms with Crippen molar-refractivity contribution in [1.29, 1.82) is 0 Å². The van der Waals surface area contributed by atoms with Gasteiger partial charge in [-0.3, -0.25) is 4.79 Å². The first-order valence-corrected chi connectivity index (χ1v) is 9.49. The van der Waals surface area contributed by atoms with Gasteiger partial charge >= 0.3 is 0 Å². The summed E-state index contributed by atoms with van der Waals surface area (Å²) in [4.78, 5) is 12.7. The van der Waals surface area contributed by atoms with E-state index in [1.54, 1.807) is 0 Å². The predicted molar refractivity (Wildman–Crippen MR) is 105 cm³/mol. The third-order valence-corrected chi connectivity index (χ3v) is 6.52. The largest absolute Gasteiger partial charge is 0.381 e. The standard InChI is InChI=1S/C22H27N3O/c1-14-5-4-7-16(13-14)20(23)17-11-12-22(17,21(24)26)19-10-9-15-6-2-3-8-18(15)25-19/h2-8,13,17,19-20,25H,9-12,23H2,1H3,(H2,24,26)/t17-,19?,20?,22-/m1/s1. The summed E-state index contributed by atoms with van der Waals surface area (Å²) < 4.78 is 0. The number of nitrogens with one attached hydrogen (secondary N) is 1. The first kappa shape index (κ1) is 17.1. The van der Waals surface area contributed by atoms with Gasteiger partial charge in [-0.25, -0.2) is 0 Å². The number of fused-ring (bicyclic) bond motifs is 1. The van der Waals surface area contributed by atoms with E-state index in [2.05, 4.69) is 48.6 Å². The second kappa shape index (κ2) is 6.44. The van der Waals surface area contributed by atoms with Gasteiger partial charge in [-0.2, -0.15) is 0 Å². The minimum Gasteiger partial charge on any atom is -0.381 e. The van der Waals surface area contributed by atoms with Crippen molar-refractivity contribution in [2.45, 2.75) is 44.7 Å². The number of anilines is 1. The summed E-state index contributed by atoms with van der Waals surface area (Å²) in [5.74, 6) is -0.140. The topological polar surface area (TPSA) is 81.1 Å². The van der Waals surface area contributed by atoms with Crippen LogP contribution in [0.1, 0.15) is 42.0 Å². The van der Waals surface area contributed by atoms with Crippen molar-refractivity contribution >= 4 is 11.6 Å². The van der Waals surface area contributed by atoms with Gasteiger partial charge in [-0.15, -0.1) is 0 Å². The van der Waals surface area contributed by atoms with Crippen LogP contribution in [-0.4, -0.2) is 11.9 Å². The van der Waals surface area contributed by atoms with E-state index < -0.39 is 5.41 Å². The number of benzene rings is 2. The average molecular weight is 349 g/mol. The zero-order valence-corrected chi connectivity index (χ0v) is 15.2. The van der Waals surface area contributed by atoms with Crippen molar-refractivity contribution in [2.75, 3.05) is 5.32 Å². The SMILES string of the molecule is Cc1cccc(C(N)[C@H]2CC[C@]2(C(N)=O)C2CCc3ccccc3N2)c1. The highest BCUT2D eigenvalue weighted by Gasteiger charge is 2.58. The Labute approximate surface area is 155 Å². The lowest BCUT2D eigenvalue weighted by Crippen LogP contribution is -2.62. The zero-order valence-electron chi connectivity index (χ0n) is 15.2. The number of hydrogen-bond acceptors (Lipinski definition) is 3. The molecule has 1 heterocycles. The Kier molecular flexibility index (Phi) is 4.23. The van der Waals surface area contributed by atoms with Crippen LogP contribution in [0.15, 0.2) is 48.5 Å². The van der Waals surface area contributed by atoms with Crippen molar-refractivity contribution in [1.82, 2.24) is 0 Å². The number of carbonyl (C=O) groups excluding carboxylic acids is 1. The van der Waals surface area contributed by atoms with Gasteiger partial charge in [0.1, 0.15) is 0 Å². The molecule has 4 rings (SSSR count). The molecule has 2 aromatic carbocycles. The Hall–Kier alpha value is -2.33. The molecule has 26 heavy (non-hydrogen) atoms. The molecule has 0 bridgehead atoms. The molecule has 2 aromatic rings. The molecule has 1 aliphatic carbocycles. The zero-order chi connectivity index (χ0) is 18.3. The first-order chi connectivity index (χ1) is 12.5. The van der Waals surface area contributed by atoms with Crippen molar-refractivity contribution < 1.29 is 4.79 Å². The van der Waals surface area contributed by atoms with E-state index in [9.17, 15) is 4.79 Å². The predicted octanol–water partition coefficient (Wildman–Crippen LogP) is 3.30. The van der Waals surface area contributed by atoms with Gasteiger partial charge < -0.3 is 16.8 Å². The summed E-state index contributed by atoms with van der Waals surface area (Å²) in [5, 5.41) is 3.61. The number of rotatable bonds is 4. The fourth-order valence-electron chi connectivity index (χ4n) is 4.97. The lowest BCUT2D eigenvalue weighted by atomic mass is 9.52. The first-order valence-electron chi connectivity index (χ1n) is 9.49. The van der Waals surface area contributed by atoms with Crippen molar-refractivity contribution in [3.05, 3.63) is 65.2 Å². The van der Waals surface area contributed by atoms with Crippen molar-refractivity contribution in [3.63, 3.8) is 0 Å². The highest BCUT2D eigenvalue weighted by Crippen LogP contribution is 2.56. The molecule has 4 atom stereocenters. The van der Waals surface area contributed by atoms with Gasteiger partial charge in [-0.05, 0) is 55.7 Å². The Balaban J connectivity index is 1.64. The molecular weight excluding hydrogens is 322 g/mol. The fourth-order valence-corrected chi connectivity index (χ4v) is 4.97. The molecule has 1 fully saturated rings. The Morgan fingerprint density at radius 3 is 2.69 bits per heavy atom. The molecule has 136 valence electrons. The molecule has 0 saturated heterocycles. The number of hydrogen-bond donors (Lipinski definition) is 3. The van der Waals surface area contributed by atoms with E-state index >= 15 is 0 Å². The van der Waals surface area contributed by atoms with Crippen LogP contribution < -0.4 is 16.8 Å². The molecule has 2 unspecified atom stereocenters. The van der Waals surface area contributed by atoms with Crippen LogP contribution in [0.25, 0.3) is 0 Å². The van der Waals surface area contributed by atoms with E-state index in [4.69, 9.17) is 11.5 Å². The Morgan fingerprint density at radius 2 is 2.00 bits per heavy atom. The monoisotopic (exact) mass is 349 g/mol. The van der Waals surface area contributed by atoms with Crippen LogP contribution in [0.2, 0.25) is 0 Å². The summed E-state index contributed by atoms with van der Waals surface area (Å²) in [6.45, 7) is 2.07. The fraction of sp³-hybridized carbons (Fsp3) is 0.409. The van der Waals surface area contributed by atoms with Crippen molar-refractivity contribution in [3.8, 4) is 0 Å². The number of carbonyl (C=O) groups is 1. The number of primary amides is 1. The van der Waals surface area contributed by atoms with Gasteiger partial charge in [0, 0.05) is 17.8 Å². The highest BCUT2D eigenvalue weighted by atomic mass is 16.1. The Morgan fingerprint density at radius 1 is 1.19 bits per heavy atom. The normalized spacial score (nSPS) is 28.4. The van der Waals surface area contributed by atoms with Crippen LogP contribution in [0, 0.1) is 18.3 Å². The molecule has 1 saturated carbocycles. The van der Waals surface area contributed by atoms with E-state index in [1.165, 1.54) is 11.1 Å². The van der Waals surface area contributed by atoms with E-state index in [-0.39, 0.29) is 23.9 Å². The van der Waals surface area contributed by atoms with Gasteiger partial charge in [0.05, 0.1) is 5.41 Å². The summed E-state index contributed by atoms with van der Waals surface area (Å²) in [5.41, 5.74) is 16.8. The molecule has 0 spiro atoms. The minimum absolute atomic E-state index is 0.0458. The maximum atomic E-state index is 12.7. The van der Waals surface area contributed by atoms with Crippen LogP contribution in [0.5, 0.6) is 0 Å². The third-order valence-electron chi connectivity index (χ3n) is 6.52. The second-order valence-corrected chi connectivity index (χ2v) is 7.88. The van der Waals surface area contributed by atoms with Crippen LogP contribution >= 0.6 is 0 Å². The maximum absolute atomic E-state index is 12.7. The number of amides is 1. The summed E-state index contributed by atoms with van der Waals surface area (Å²) in [7, 11) is 0. The Bertz CT molecular complexity index is 834. The molecular formula is C22H27N3O. The van der Waals surface area contributed by atoms with Crippen LogP contribution in [0.3, 0.4) is 0 Å². The molecule has 4 heteroatoms. The number of nitrogens with two attached hydrogens (primary N) is 2. The molecule has 1 amide bonds. The van der Waals surface area contributed by atoms with Gasteiger partial charge in [0.2, 0.25) is 5.91 Å². The van der Waals surface area contributed by atoms with Crippen LogP contribution in [-0.2, 0) is 11.2 Å². The summed E-state index contributed by atoms with van der Waals surface area (Å²) in [6, 6.07) is 16.5. The molecule has 1 aliphatic heterocycles. The van der Waals surface area contributed by atoms with Crippen molar-refractivity contribution in [2.24, 2.45) is 22.8 Å². The minimum atomic E-state index is -0.573. The van der Waals surface area contributed by atoms with E-state index in [0.29, 0.717) is 0 Å². The molecule has 5 N–H and O–H groups in total. The van der Waals surface area contributed by atoms with E-state index in [1.807, 2.05) is 12.1 Å². The second-order valence-electron chi connectivity index (χ2n) is 7.88. The molecule has 4 nitrogen and oxygen atoms in total. The average Bonchev–Trinajstić information content (AvgIpc) is 2.61. The molecule has 2 aliphatic rings. The van der Waals surface area contributed by atoms with Crippen LogP contribution in [0.4, 0.5) is 5.69 Å². The molecule has 0 aromatic heterocycles. The lowest BCUT2D eigenvalue weighted by molar-refractivity contribution is -0.142. The summed E-state index contributed by atoms with van der Waals surface area (Å²) in [6.07, 6.45) is 3.64. The smallest absolute Gasteiger partial charge is 0.226 e. The van der Waals surface area contributed by atoms with E-state index in [0.717, 1.165) is 36.9 Å². The number of aryl methyl sites for hydroxylation is 2. The molecule has 0 radical (unpaired) electrons. The third kappa shape index (κ3) is 2.60. The highest BCUT2D eigenvalue weighted by molar-refractivity contribution is 5.84. The lowest BCUT2D eigenvalue weighted by Gasteiger charge is -2.55. The quantitative estimate of drug-likeness (QED) is 0.792. The van der Waals surface area contributed by atoms with Gasteiger partial charge in [-0.1, -0.05) is 48.0 Å². The maximum Gasteiger partial charge on any atom is 0.226 e. The van der Waals surface area contributed by atoms with Gasteiger partial charge in [0.25, 0.3) is 0 Å². The summed E-state index contributed by atoms with van der Waals surface area (Å²) >= 11 is 0.